The number of ether oxygens (including phenoxy) is 3. The van der Waals surface area contributed by atoms with Gasteiger partial charge >= 0.3 is 0 Å². The van der Waals surface area contributed by atoms with E-state index in [-0.39, 0.29) is 5.78 Å². The van der Waals surface area contributed by atoms with Crippen molar-refractivity contribution < 1.29 is 19.0 Å². The van der Waals surface area contributed by atoms with Gasteiger partial charge in [0.25, 0.3) is 0 Å². The molecule has 0 unspecified atom stereocenters. The lowest BCUT2D eigenvalue weighted by Crippen LogP contribution is -2.31. The summed E-state index contributed by atoms with van der Waals surface area (Å²) < 4.78 is 18.2. The van der Waals surface area contributed by atoms with E-state index >= 15 is 0 Å². The number of piperidine rings is 2. The van der Waals surface area contributed by atoms with Gasteiger partial charge < -0.3 is 24.0 Å². The molecule has 0 N–H and O–H groups in total. The van der Waals surface area contributed by atoms with Crippen LogP contribution in [-0.2, 0) is 0 Å². The Morgan fingerprint density at radius 3 is 1.81 bits per heavy atom. The van der Waals surface area contributed by atoms with Crippen LogP contribution in [0.3, 0.4) is 0 Å². The van der Waals surface area contributed by atoms with Crippen molar-refractivity contribution in [3.63, 3.8) is 0 Å². The molecule has 36 heavy (non-hydrogen) atoms. The van der Waals surface area contributed by atoms with Crippen LogP contribution in [0.5, 0.6) is 17.2 Å². The lowest BCUT2D eigenvalue weighted by molar-refractivity contribution is 0.103. The lowest BCUT2D eigenvalue weighted by Gasteiger charge is -2.26. The molecule has 6 heteroatoms. The topological polar surface area (TPSA) is 51.2 Å². The number of rotatable bonds is 11. The van der Waals surface area contributed by atoms with Gasteiger partial charge in [0.15, 0.2) is 5.78 Å². The summed E-state index contributed by atoms with van der Waals surface area (Å²) in [7, 11) is 1.65. The minimum absolute atomic E-state index is 0.0105. The van der Waals surface area contributed by atoms with E-state index in [2.05, 4.69) is 9.80 Å². The van der Waals surface area contributed by atoms with Crippen LogP contribution in [-0.4, -0.2) is 75.2 Å². The molecule has 3 aliphatic rings. The monoisotopic (exact) mass is 492 g/mol. The van der Waals surface area contributed by atoms with Gasteiger partial charge in [0.2, 0.25) is 0 Å². The highest BCUT2D eigenvalue weighted by Crippen LogP contribution is 2.50. The van der Waals surface area contributed by atoms with Crippen LogP contribution >= 0.6 is 0 Å². The first-order chi connectivity index (χ1) is 17.8. The summed E-state index contributed by atoms with van der Waals surface area (Å²) in [6.07, 6.45) is 9.81. The van der Waals surface area contributed by atoms with Crippen LogP contribution in [0.25, 0.3) is 11.1 Å². The van der Waals surface area contributed by atoms with E-state index < -0.39 is 0 Å². The van der Waals surface area contributed by atoms with Crippen LogP contribution in [0.4, 0.5) is 0 Å². The second-order valence-electron chi connectivity index (χ2n) is 10.2. The van der Waals surface area contributed by atoms with Crippen molar-refractivity contribution in [1.82, 2.24) is 9.80 Å². The minimum Gasteiger partial charge on any atom is -0.496 e. The van der Waals surface area contributed by atoms with Crippen molar-refractivity contribution >= 4 is 5.78 Å². The molecule has 0 aromatic heterocycles. The number of nitrogens with zero attached hydrogens (tertiary/aromatic N) is 2. The van der Waals surface area contributed by atoms with Gasteiger partial charge in [0, 0.05) is 29.8 Å². The maximum absolute atomic E-state index is 13.5. The molecular formula is C30H40N2O4. The van der Waals surface area contributed by atoms with Gasteiger partial charge in [-0.15, -0.1) is 0 Å². The van der Waals surface area contributed by atoms with Crippen molar-refractivity contribution in [2.45, 2.75) is 51.4 Å². The fourth-order valence-corrected chi connectivity index (χ4v) is 5.87. The molecule has 2 aliphatic heterocycles. The van der Waals surface area contributed by atoms with Gasteiger partial charge in [-0.25, -0.2) is 0 Å². The maximum Gasteiger partial charge on any atom is 0.198 e. The Morgan fingerprint density at radius 2 is 1.22 bits per heavy atom. The molecule has 2 aromatic carbocycles. The van der Waals surface area contributed by atoms with Gasteiger partial charge in [-0.3, -0.25) is 4.79 Å². The first-order valence-electron chi connectivity index (χ1n) is 13.9. The third-order valence-corrected chi connectivity index (χ3v) is 7.75. The number of fused-ring (bicyclic) bond motifs is 3. The van der Waals surface area contributed by atoms with Crippen molar-refractivity contribution in [2.75, 3.05) is 59.6 Å². The fraction of sp³-hybridized carbons (Fsp3) is 0.567. The van der Waals surface area contributed by atoms with Crippen LogP contribution < -0.4 is 14.2 Å². The molecule has 2 saturated heterocycles. The summed E-state index contributed by atoms with van der Waals surface area (Å²) in [6, 6.07) is 9.55. The molecule has 2 aromatic rings. The van der Waals surface area contributed by atoms with Crippen molar-refractivity contribution in [1.29, 1.82) is 0 Å². The second-order valence-corrected chi connectivity index (χ2v) is 10.2. The largest absolute Gasteiger partial charge is 0.496 e. The summed E-state index contributed by atoms with van der Waals surface area (Å²) in [6.45, 7) is 8.09. The number of likely N-dealkylation sites (tertiary alicyclic amines) is 2. The number of ketones is 1. The Bertz CT molecular complexity index is 1040. The molecule has 0 atom stereocenters. The maximum atomic E-state index is 13.5. The molecule has 2 heterocycles. The van der Waals surface area contributed by atoms with Gasteiger partial charge in [-0.2, -0.15) is 0 Å². The third-order valence-electron chi connectivity index (χ3n) is 7.75. The number of carbonyl (C=O) groups excluding carboxylic acids is 1. The lowest BCUT2D eigenvalue weighted by atomic mass is 10.0. The fourth-order valence-electron chi connectivity index (χ4n) is 5.87. The average Bonchev–Trinajstić information content (AvgIpc) is 3.24. The number of carbonyl (C=O) groups is 1. The Kier molecular flexibility index (Phi) is 8.44. The smallest absolute Gasteiger partial charge is 0.198 e. The van der Waals surface area contributed by atoms with Gasteiger partial charge in [0.1, 0.15) is 17.2 Å². The second kappa shape index (κ2) is 12.1. The van der Waals surface area contributed by atoms with Gasteiger partial charge in [-0.1, -0.05) is 25.0 Å². The molecule has 5 rings (SSSR count). The van der Waals surface area contributed by atoms with Crippen molar-refractivity contribution in [3.05, 3.63) is 41.5 Å². The molecule has 194 valence electrons. The highest BCUT2D eigenvalue weighted by Gasteiger charge is 2.35. The zero-order valence-electron chi connectivity index (χ0n) is 21.7. The Morgan fingerprint density at radius 1 is 0.667 bits per heavy atom. The average molecular weight is 493 g/mol. The molecule has 6 nitrogen and oxygen atoms in total. The summed E-state index contributed by atoms with van der Waals surface area (Å²) in [4.78, 5) is 18.6. The predicted octanol–water partition coefficient (Wildman–Crippen LogP) is 5.42. The first-order valence-corrected chi connectivity index (χ1v) is 13.9. The van der Waals surface area contributed by atoms with Gasteiger partial charge in [0.05, 0.1) is 25.9 Å². The number of hydrogen-bond donors (Lipinski definition) is 0. The molecule has 0 spiro atoms. The minimum atomic E-state index is -0.0105. The van der Waals surface area contributed by atoms with E-state index in [0.29, 0.717) is 35.8 Å². The van der Waals surface area contributed by atoms with E-state index in [0.717, 1.165) is 42.8 Å². The quantitative estimate of drug-likeness (QED) is 0.333. The van der Waals surface area contributed by atoms with E-state index in [4.69, 9.17) is 14.2 Å². The van der Waals surface area contributed by atoms with Crippen LogP contribution in [0.2, 0.25) is 0 Å². The Hall–Kier alpha value is -2.57. The molecule has 0 saturated carbocycles. The summed E-state index contributed by atoms with van der Waals surface area (Å²) >= 11 is 0. The standard InChI is InChI=1S/C30H40N2O4/c1-34-24-13-14-26(36-22-10-20-32-17-6-3-7-18-32)29-28(24)27-23(30(29)33)11-8-12-25(27)35-21-9-19-31-15-4-2-5-16-31/h8,11-14H,2-7,9-10,15-22H2,1H3. The van der Waals surface area contributed by atoms with Crippen LogP contribution in [0.1, 0.15) is 67.3 Å². The summed E-state index contributed by atoms with van der Waals surface area (Å²) in [5.74, 6) is 2.06. The molecule has 0 amide bonds. The molecular weight excluding hydrogens is 452 g/mol. The molecule has 0 bridgehead atoms. The van der Waals surface area contributed by atoms with Crippen molar-refractivity contribution in [3.8, 4) is 28.4 Å². The van der Waals surface area contributed by atoms with E-state index in [9.17, 15) is 4.79 Å². The van der Waals surface area contributed by atoms with Gasteiger partial charge in [-0.05, 0) is 82.9 Å². The van der Waals surface area contributed by atoms with Crippen LogP contribution in [0, 0.1) is 0 Å². The van der Waals surface area contributed by atoms with Crippen LogP contribution in [0.15, 0.2) is 30.3 Å². The summed E-state index contributed by atoms with van der Waals surface area (Å²) in [5.41, 5.74) is 2.91. The zero-order chi connectivity index (χ0) is 24.7. The molecule has 1 aliphatic carbocycles. The zero-order valence-corrected chi connectivity index (χ0v) is 21.7. The highest BCUT2D eigenvalue weighted by atomic mass is 16.5. The molecule has 0 radical (unpaired) electrons. The van der Waals surface area contributed by atoms with E-state index in [1.54, 1.807) is 7.11 Å². The predicted molar refractivity (Wildman–Crippen MR) is 143 cm³/mol. The first kappa shape index (κ1) is 25.1. The number of benzene rings is 2. The van der Waals surface area contributed by atoms with E-state index in [1.807, 2.05) is 30.3 Å². The Balaban J connectivity index is 1.28. The third kappa shape index (κ3) is 5.55. The number of hydrogen-bond acceptors (Lipinski definition) is 6. The molecule has 2 fully saturated rings. The Labute approximate surface area is 215 Å². The van der Waals surface area contributed by atoms with E-state index in [1.165, 1.54) is 64.7 Å². The number of methoxy groups -OCH3 is 1. The van der Waals surface area contributed by atoms with Crippen molar-refractivity contribution in [2.24, 2.45) is 0 Å². The highest BCUT2D eigenvalue weighted by molar-refractivity contribution is 6.25. The SMILES string of the molecule is COc1ccc(OCCCN2CCCCC2)c2c1-c1c(OCCCN3CCCCC3)cccc1C2=O. The normalized spacial score (nSPS) is 18.1. The summed E-state index contributed by atoms with van der Waals surface area (Å²) in [5, 5.41) is 0.